The van der Waals surface area contributed by atoms with Crippen molar-refractivity contribution in [3.05, 3.63) is 56.7 Å². The third kappa shape index (κ3) is 3.63. The van der Waals surface area contributed by atoms with Crippen LogP contribution < -0.4 is 21.3 Å². The highest BCUT2D eigenvalue weighted by Crippen LogP contribution is 2.29. The van der Waals surface area contributed by atoms with E-state index in [1.165, 1.54) is 9.13 Å². The minimum Gasteiger partial charge on any atom is -0.497 e. The summed E-state index contributed by atoms with van der Waals surface area (Å²) in [5, 5.41) is 4.17. The van der Waals surface area contributed by atoms with Gasteiger partial charge in [0.25, 0.3) is 0 Å². The summed E-state index contributed by atoms with van der Waals surface area (Å²) in [7, 11) is 3.17. The Balaban J connectivity index is 1.68. The first-order chi connectivity index (χ1) is 14.1. The zero-order chi connectivity index (χ0) is 20.4. The van der Waals surface area contributed by atoms with Crippen LogP contribution >= 0.6 is 0 Å². The smallest absolute Gasteiger partial charge is 0.318 e. The molecule has 1 N–H and O–H groups in total. The van der Waals surface area contributed by atoms with Crippen molar-refractivity contribution >= 4 is 23.3 Å². The highest BCUT2D eigenvalue weighted by Gasteiger charge is 2.23. The number of nitrogens with one attached hydrogen (secondary N) is 1. The zero-order valence-corrected chi connectivity index (χ0v) is 16.3. The minimum atomic E-state index is -0.564. The van der Waals surface area contributed by atoms with Gasteiger partial charge in [0.15, 0.2) is 5.65 Å². The van der Waals surface area contributed by atoms with Gasteiger partial charge in [-0.2, -0.15) is 10.1 Å². The number of fused-ring (bicyclic) bond motifs is 1. The SMILES string of the molecule is COc1ccc(/C=N/Nc2ncc3c(n2)n(C2CCCC2)c(=O)c(=O)n3C)cc1. The molecular formula is C20H22N6O3. The Morgan fingerprint density at radius 1 is 1.17 bits per heavy atom. The third-order valence-corrected chi connectivity index (χ3v) is 5.23. The lowest BCUT2D eigenvalue weighted by atomic mass is 10.2. The number of aryl methyl sites for hydroxylation is 1. The molecule has 3 aromatic rings. The second-order valence-corrected chi connectivity index (χ2v) is 7.02. The Kier molecular flexibility index (Phi) is 5.11. The third-order valence-electron chi connectivity index (χ3n) is 5.23. The summed E-state index contributed by atoms with van der Waals surface area (Å²) in [6.07, 6.45) is 6.99. The number of hydrogen-bond acceptors (Lipinski definition) is 7. The van der Waals surface area contributed by atoms with Crippen LogP contribution in [0.4, 0.5) is 5.95 Å². The number of hydrogen-bond donors (Lipinski definition) is 1. The van der Waals surface area contributed by atoms with E-state index in [9.17, 15) is 9.59 Å². The van der Waals surface area contributed by atoms with Gasteiger partial charge in [-0.05, 0) is 42.7 Å². The summed E-state index contributed by atoms with van der Waals surface area (Å²) in [6, 6.07) is 7.42. The zero-order valence-electron chi connectivity index (χ0n) is 16.3. The highest BCUT2D eigenvalue weighted by atomic mass is 16.5. The Morgan fingerprint density at radius 2 is 1.90 bits per heavy atom. The molecule has 1 aliphatic rings. The molecule has 2 heterocycles. The predicted octanol–water partition coefficient (Wildman–Crippen LogP) is 2.06. The molecule has 9 nitrogen and oxygen atoms in total. The van der Waals surface area contributed by atoms with Crippen molar-refractivity contribution in [2.24, 2.45) is 12.1 Å². The number of methoxy groups -OCH3 is 1. The normalized spacial score (nSPS) is 14.7. The summed E-state index contributed by atoms with van der Waals surface area (Å²) in [4.78, 5) is 33.7. The number of rotatable bonds is 5. The molecule has 0 saturated heterocycles. The summed E-state index contributed by atoms with van der Waals surface area (Å²) in [5.41, 5.74) is 3.54. The topological polar surface area (TPSA) is 103 Å². The standard InChI is InChI=1S/C20H22N6O3/c1-25-16-12-21-20(24-22-11-13-7-9-15(29-2)10-8-13)23-17(16)26(19(28)18(25)27)14-5-3-4-6-14/h7-12,14H,3-6H2,1-2H3,(H,21,23,24)/b22-11+. The van der Waals surface area contributed by atoms with Gasteiger partial charge in [-0.3, -0.25) is 14.2 Å². The Labute approximate surface area is 166 Å². The molecule has 0 radical (unpaired) electrons. The van der Waals surface area contributed by atoms with Crippen LogP contribution in [-0.4, -0.2) is 32.4 Å². The quantitative estimate of drug-likeness (QED) is 0.404. The minimum absolute atomic E-state index is 0.00977. The van der Waals surface area contributed by atoms with Gasteiger partial charge >= 0.3 is 11.1 Å². The summed E-state index contributed by atoms with van der Waals surface area (Å²) in [5.74, 6) is 1.02. The summed E-state index contributed by atoms with van der Waals surface area (Å²) >= 11 is 0. The molecule has 4 rings (SSSR count). The van der Waals surface area contributed by atoms with Crippen LogP contribution in [0.5, 0.6) is 5.75 Å². The Bertz CT molecular complexity index is 1170. The molecule has 0 bridgehead atoms. The number of hydrazone groups is 1. The second kappa shape index (κ2) is 7.86. The molecule has 0 atom stereocenters. The fraction of sp³-hybridized carbons (Fsp3) is 0.350. The van der Waals surface area contributed by atoms with E-state index >= 15 is 0 Å². The van der Waals surface area contributed by atoms with Crippen LogP contribution in [0.15, 0.2) is 45.2 Å². The van der Waals surface area contributed by atoms with Crippen molar-refractivity contribution in [2.75, 3.05) is 12.5 Å². The average molecular weight is 394 g/mol. The van der Waals surface area contributed by atoms with Crippen LogP contribution in [0.1, 0.15) is 37.3 Å². The highest BCUT2D eigenvalue weighted by molar-refractivity contribution is 5.80. The number of aromatic nitrogens is 4. The van der Waals surface area contributed by atoms with Gasteiger partial charge in [-0.1, -0.05) is 12.8 Å². The lowest BCUT2D eigenvalue weighted by Crippen LogP contribution is -2.42. The van der Waals surface area contributed by atoms with Crippen molar-refractivity contribution < 1.29 is 4.74 Å². The van der Waals surface area contributed by atoms with Gasteiger partial charge in [0.05, 0.1) is 19.5 Å². The molecule has 29 heavy (non-hydrogen) atoms. The Hall–Kier alpha value is -3.49. The number of ether oxygens (including phenoxy) is 1. The molecule has 1 fully saturated rings. The Morgan fingerprint density at radius 3 is 2.59 bits per heavy atom. The molecule has 150 valence electrons. The lowest BCUT2D eigenvalue weighted by molar-refractivity contribution is 0.415. The number of anilines is 1. The first-order valence-electron chi connectivity index (χ1n) is 9.50. The molecule has 0 unspecified atom stereocenters. The van der Waals surface area contributed by atoms with E-state index < -0.39 is 11.1 Å². The first-order valence-corrected chi connectivity index (χ1v) is 9.50. The van der Waals surface area contributed by atoms with Crippen LogP contribution in [0, 0.1) is 0 Å². The molecule has 1 saturated carbocycles. The monoisotopic (exact) mass is 394 g/mol. The predicted molar refractivity (Wildman–Crippen MR) is 111 cm³/mol. The largest absolute Gasteiger partial charge is 0.497 e. The van der Waals surface area contributed by atoms with Gasteiger partial charge in [0.2, 0.25) is 5.95 Å². The van der Waals surface area contributed by atoms with Gasteiger partial charge in [0.1, 0.15) is 11.3 Å². The van der Waals surface area contributed by atoms with Crippen molar-refractivity contribution in [1.82, 2.24) is 19.1 Å². The van der Waals surface area contributed by atoms with Gasteiger partial charge in [0, 0.05) is 13.1 Å². The van der Waals surface area contributed by atoms with Gasteiger partial charge < -0.3 is 9.30 Å². The maximum Gasteiger partial charge on any atom is 0.318 e. The van der Waals surface area contributed by atoms with E-state index in [0.29, 0.717) is 11.2 Å². The maximum absolute atomic E-state index is 12.7. The van der Waals surface area contributed by atoms with E-state index in [2.05, 4.69) is 20.5 Å². The van der Waals surface area contributed by atoms with Crippen molar-refractivity contribution in [3.8, 4) is 5.75 Å². The van der Waals surface area contributed by atoms with Gasteiger partial charge in [-0.25, -0.2) is 10.4 Å². The van der Waals surface area contributed by atoms with E-state index in [1.807, 2.05) is 24.3 Å². The molecule has 9 heteroatoms. The molecule has 1 aliphatic carbocycles. The molecule has 0 aliphatic heterocycles. The van der Waals surface area contributed by atoms with E-state index in [1.54, 1.807) is 26.6 Å². The number of benzene rings is 1. The van der Waals surface area contributed by atoms with Gasteiger partial charge in [-0.15, -0.1) is 0 Å². The first kappa shape index (κ1) is 18.9. The van der Waals surface area contributed by atoms with Crippen LogP contribution in [-0.2, 0) is 7.05 Å². The van der Waals surface area contributed by atoms with E-state index in [4.69, 9.17) is 4.74 Å². The second-order valence-electron chi connectivity index (χ2n) is 7.02. The van der Waals surface area contributed by atoms with Crippen molar-refractivity contribution in [3.63, 3.8) is 0 Å². The lowest BCUT2D eigenvalue weighted by Gasteiger charge is -2.17. The van der Waals surface area contributed by atoms with Crippen LogP contribution in [0.2, 0.25) is 0 Å². The number of nitrogens with zero attached hydrogens (tertiary/aromatic N) is 5. The fourth-order valence-corrected chi connectivity index (χ4v) is 3.64. The maximum atomic E-state index is 12.7. The summed E-state index contributed by atoms with van der Waals surface area (Å²) in [6.45, 7) is 0. The van der Waals surface area contributed by atoms with Crippen LogP contribution in [0.25, 0.3) is 11.2 Å². The summed E-state index contributed by atoms with van der Waals surface area (Å²) < 4.78 is 7.96. The average Bonchev–Trinajstić information content (AvgIpc) is 3.27. The molecule has 2 aromatic heterocycles. The van der Waals surface area contributed by atoms with E-state index in [-0.39, 0.29) is 12.0 Å². The van der Waals surface area contributed by atoms with Crippen molar-refractivity contribution in [2.45, 2.75) is 31.7 Å². The molecular weight excluding hydrogens is 372 g/mol. The fourth-order valence-electron chi connectivity index (χ4n) is 3.64. The molecule has 0 amide bonds. The van der Waals surface area contributed by atoms with Crippen molar-refractivity contribution in [1.29, 1.82) is 0 Å². The molecule has 0 spiro atoms. The van der Waals surface area contributed by atoms with E-state index in [0.717, 1.165) is 37.0 Å². The van der Waals surface area contributed by atoms with Crippen LogP contribution in [0.3, 0.4) is 0 Å². The molecule has 1 aromatic carbocycles.